The maximum Gasteiger partial charge on any atom is 0.511 e. The van der Waals surface area contributed by atoms with Crippen LogP contribution < -0.4 is 21.2 Å². The second-order valence-corrected chi connectivity index (χ2v) is 8.38. The zero-order valence-electron chi connectivity index (χ0n) is 19.9. The summed E-state index contributed by atoms with van der Waals surface area (Å²) in [7, 11) is 0. The monoisotopic (exact) mass is 536 g/mol. The molecule has 2 atom stereocenters. The topological polar surface area (TPSA) is 168 Å². The summed E-state index contributed by atoms with van der Waals surface area (Å²) >= 11 is 0. The predicted octanol–water partition coefficient (Wildman–Crippen LogP) is 0.232. The molecule has 0 aliphatic carbocycles. The number of fused-ring (bicyclic) bond motifs is 2. The lowest BCUT2D eigenvalue weighted by Crippen LogP contribution is -2.49. The smallest absolute Gasteiger partial charge is 0.451 e. The SMILES string of the molecule is CC1COC2Cn3cc(C(=O)NCc4ccc(F)cc4F)c(=O)c(OCOC(=O)OCC(N)=O)c3C(=O)N12. The number of nitrogens with one attached hydrogen (secondary N) is 1. The molecular formula is C23H22F2N4O9. The van der Waals surface area contributed by atoms with Crippen molar-refractivity contribution >= 4 is 23.9 Å². The van der Waals surface area contributed by atoms with Crippen LogP contribution in [0.15, 0.2) is 29.2 Å². The lowest BCUT2D eigenvalue weighted by Gasteiger charge is -2.34. The lowest BCUT2D eigenvalue weighted by atomic mass is 10.1. The number of halogens is 2. The minimum Gasteiger partial charge on any atom is -0.451 e. The van der Waals surface area contributed by atoms with Crippen LogP contribution in [0, 0.1) is 11.6 Å². The number of hydrogen-bond acceptors (Lipinski definition) is 9. The average molecular weight is 536 g/mol. The van der Waals surface area contributed by atoms with Gasteiger partial charge in [-0.05, 0) is 13.0 Å². The van der Waals surface area contributed by atoms with Crippen LogP contribution in [-0.2, 0) is 32.1 Å². The maximum absolute atomic E-state index is 14.0. The summed E-state index contributed by atoms with van der Waals surface area (Å²) in [5.74, 6) is -4.76. The Morgan fingerprint density at radius 3 is 2.68 bits per heavy atom. The molecule has 15 heteroatoms. The van der Waals surface area contributed by atoms with Gasteiger partial charge in [0, 0.05) is 24.4 Å². The number of aromatic nitrogens is 1. The maximum atomic E-state index is 14.0. The van der Waals surface area contributed by atoms with Crippen LogP contribution in [0.25, 0.3) is 0 Å². The Balaban J connectivity index is 1.61. The number of rotatable bonds is 8. The fourth-order valence-corrected chi connectivity index (χ4v) is 4.00. The van der Waals surface area contributed by atoms with E-state index in [0.29, 0.717) is 6.07 Å². The van der Waals surface area contributed by atoms with Crippen molar-refractivity contribution in [3.63, 3.8) is 0 Å². The van der Waals surface area contributed by atoms with Crippen molar-refractivity contribution in [2.75, 3.05) is 20.0 Å². The number of nitrogens with zero attached hydrogens (tertiary/aromatic N) is 2. The molecule has 1 saturated heterocycles. The van der Waals surface area contributed by atoms with E-state index in [-0.39, 0.29) is 37.0 Å². The molecule has 2 unspecified atom stereocenters. The molecule has 0 bridgehead atoms. The summed E-state index contributed by atoms with van der Waals surface area (Å²) in [6, 6.07) is 2.49. The third kappa shape index (κ3) is 5.41. The number of benzene rings is 1. The quantitative estimate of drug-likeness (QED) is 0.354. The number of primary amides is 1. The van der Waals surface area contributed by atoms with Crippen LogP contribution in [0.2, 0.25) is 0 Å². The molecule has 1 aromatic heterocycles. The first kappa shape index (κ1) is 26.5. The molecule has 3 heterocycles. The Morgan fingerprint density at radius 1 is 1.21 bits per heavy atom. The number of carbonyl (C=O) groups is 4. The van der Waals surface area contributed by atoms with Crippen molar-refractivity contribution < 1.29 is 46.9 Å². The van der Waals surface area contributed by atoms with Gasteiger partial charge in [0.2, 0.25) is 18.0 Å². The summed E-state index contributed by atoms with van der Waals surface area (Å²) in [5.41, 5.74) is 3.16. The molecule has 38 heavy (non-hydrogen) atoms. The van der Waals surface area contributed by atoms with Gasteiger partial charge in [-0.1, -0.05) is 6.07 Å². The Bertz CT molecular complexity index is 1360. The van der Waals surface area contributed by atoms with Gasteiger partial charge >= 0.3 is 6.16 Å². The van der Waals surface area contributed by atoms with Crippen molar-refractivity contribution in [1.82, 2.24) is 14.8 Å². The first-order valence-electron chi connectivity index (χ1n) is 11.2. The normalized spacial score (nSPS) is 17.9. The van der Waals surface area contributed by atoms with Crippen LogP contribution in [0.5, 0.6) is 5.75 Å². The van der Waals surface area contributed by atoms with Gasteiger partial charge in [-0.3, -0.25) is 19.2 Å². The number of amides is 3. The highest BCUT2D eigenvalue weighted by Gasteiger charge is 2.43. The van der Waals surface area contributed by atoms with E-state index in [2.05, 4.69) is 14.8 Å². The van der Waals surface area contributed by atoms with E-state index in [4.69, 9.17) is 15.2 Å². The molecule has 2 aliphatic rings. The van der Waals surface area contributed by atoms with Crippen LogP contribution in [0.1, 0.15) is 33.3 Å². The van der Waals surface area contributed by atoms with Gasteiger partial charge in [-0.25, -0.2) is 13.6 Å². The molecule has 1 aromatic carbocycles. The zero-order chi connectivity index (χ0) is 27.6. The van der Waals surface area contributed by atoms with Gasteiger partial charge in [0.05, 0.1) is 19.2 Å². The molecule has 0 saturated carbocycles. The van der Waals surface area contributed by atoms with E-state index < -0.39 is 71.9 Å². The van der Waals surface area contributed by atoms with Crippen molar-refractivity contribution in [1.29, 1.82) is 0 Å². The zero-order valence-corrected chi connectivity index (χ0v) is 19.9. The molecule has 13 nitrogen and oxygen atoms in total. The van der Waals surface area contributed by atoms with Crippen LogP contribution in [0.4, 0.5) is 13.6 Å². The number of pyridine rings is 1. The van der Waals surface area contributed by atoms with Crippen molar-refractivity contribution in [3.8, 4) is 5.75 Å². The summed E-state index contributed by atoms with van der Waals surface area (Å²) < 4.78 is 48.4. The average Bonchev–Trinajstić information content (AvgIpc) is 3.23. The second-order valence-electron chi connectivity index (χ2n) is 8.38. The van der Waals surface area contributed by atoms with Crippen molar-refractivity contribution in [2.24, 2.45) is 5.73 Å². The summed E-state index contributed by atoms with van der Waals surface area (Å²) in [4.78, 5) is 63.1. The summed E-state index contributed by atoms with van der Waals surface area (Å²) in [6.07, 6.45) is -0.852. The standard InChI is InChI=1S/C23H22F2N4O9/c1-11-8-35-17-7-28-6-14(21(32)27-5-12-2-3-13(24)4-15(12)25)19(31)20(18(28)22(33)29(11)17)37-10-38-23(34)36-9-16(26)30/h2-4,6,11,17H,5,7-10H2,1H3,(H2,26,30)(H,27,32). The number of ether oxygens (including phenoxy) is 4. The van der Waals surface area contributed by atoms with Gasteiger partial charge < -0.3 is 39.5 Å². The third-order valence-electron chi connectivity index (χ3n) is 5.75. The van der Waals surface area contributed by atoms with Crippen LogP contribution in [0.3, 0.4) is 0 Å². The number of carbonyl (C=O) groups excluding carboxylic acids is 4. The van der Waals surface area contributed by atoms with Crippen molar-refractivity contribution in [2.45, 2.75) is 32.3 Å². The van der Waals surface area contributed by atoms with Crippen LogP contribution in [-0.4, -0.2) is 65.6 Å². The fraction of sp³-hybridized carbons (Fsp3) is 0.348. The molecule has 3 amide bonds. The molecule has 2 aliphatic heterocycles. The Labute approximate surface area is 213 Å². The second kappa shape index (κ2) is 10.8. The molecule has 2 aromatic rings. The fourth-order valence-electron chi connectivity index (χ4n) is 4.00. The van der Waals surface area contributed by atoms with E-state index in [0.717, 1.165) is 18.3 Å². The number of hydrogen-bond donors (Lipinski definition) is 2. The van der Waals surface area contributed by atoms with Gasteiger partial charge in [0.25, 0.3) is 17.7 Å². The number of nitrogens with two attached hydrogens (primary N) is 1. The molecule has 202 valence electrons. The Morgan fingerprint density at radius 2 is 1.97 bits per heavy atom. The molecule has 3 N–H and O–H groups in total. The lowest BCUT2D eigenvalue weighted by molar-refractivity contribution is -0.122. The minimum absolute atomic E-state index is 0.0312. The first-order chi connectivity index (χ1) is 18.1. The highest BCUT2D eigenvalue weighted by Crippen LogP contribution is 2.30. The van der Waals surface area contributed by atoms with Gasteiger partial charge in [0.1, 0.15) is 17.2 Å². The van der Waals surface area contributed by atoms with Gasteiger partial charge in [0.15, 0.2) is 18.5 Å². The van der Waals surface area contributed by atoms with E-state index in [1.807, 2.05) is 0 Å². The molecule has 0 spiro atoms. The molecule has 4 rings (SSSR count). The summed E-state index contributed by atoms with van der Waals surface area (Å²) in [5, 5.41) is 2.37. The molecule has 0 radical (unpaired) electrons. The molecular weight excluding hydrogens is 514 g/mol. The highest BCUT2D eigenvalue weighted by atomic mass is 19.1. The largest absolute Gasteiger partial charge is 0.511 e. The van der Waals surface area contributed by atoms with Crippen molar-refractivity contribution in [3.05, 3.63) is 63.1 Å². The van der Waals surface area contributed by atoms with Crippen LogP contribution >= 0.6 is 0 Å². The highest BCUT2D eigenvalue weighted by molar-refractivity contribution is 5.99. The Kier molecular flexibility index (Phi) is 7.57. The summed E-state index contributed by atoms with van der Waals surface area (Å²) in [6.45, 7) is 0.0170. The third-order valence-corrected chi connectivity index (χ3v) is 5.75. The predicted molar refractivity (Wildman–Crippen MR) is 121 cm³/mol. The van der Waals surface area contributed by atoms with E-state index in [9.17, 15) is 32.8 Å². The van der Waals surface area contributed by atoms with E-state index in [1.54, 1.807) is 6.92 Å². The van der Waals surface area contributed by atoms with E-state index >= 15 is 0 Å². The Hall–Kier alpha value is -4.53. The van der Waals surface area contributed by atoms with Gasteiger partial charge in [-0.2, -0.15) is 0 Å². The van der Waals surface area contributed by atoms with Gasteiger partial charge in [-0.15, -0.1) is 0 Å². The minimum atomic E-state index is -1.33. The van der Waals surface area contributed by atoms with E-state index in [1.165, 1.54) is 9.47 Å². The first-order valence-corrected chi connectivity index (χ1v) is 11.2. The molecule has 1 fully saturated rings.